The summed E-state index contributed by atoms with van der Waals surface area (Å²) in [6, 6.07) is 0.0589. The standard InChI is InChI=1S/C9H15ClN2O3/c10-8(12-15)5-6-1-3-7(4-2-6)11-9(13)14/h6-7,11,15H,1-5H2,(H,13,14)/b12-8-/t6-,7-. The third-order valence-corrected chi connectivity index (χ3v) is 2.97. The Morgan fingerprint density at radius 2 is 2.00 bits per heavy atom. The first-order chi connectivity index (χ1) is 7.11. The van der Waals surface area contributed by atoms with Gasteiger partial charge in [-0.2, -0.15) is 0 Å². The predicted molar refractivity (Wildman–Crippen MR) is 56.6 cm³/mol. The van der Waals surface area contributed by atoms with E-state index in [9.17, 15) is 4.79 Å². The molecule has 0 aromatic carbocycles. The van der Waals surface area contributed by atoms with E-state index in [0.29, 0.717) is 12.3 Å². The minimum Gasteiger partial charge on any atom is -0.465 e. The van der Waals surface area contributed by atoms with Crippen LogP contribution in [0.25, 0.3) is 0 Å². The van der Waals surface area contributed by atoms with E-state index in [4.69, 9.17) is 21.9 Å². The Morgan fingerprint density at radius 3 is 2.47 bits per heavy atom. The van der Waals surface area contributed by atoms with E-state index >= 15 is 0 Å². The lowest BCUT2D eigenvalue weighted by atomic mass is 9.84. The van der Waals surface area contributed by atoms with Gasteiger partial charge in [0.25, 0.3) is 0 Å². The topological polar surface area (TPSA) is 81.9 Å². The van der Waals surface area contributed by atoms with E-state index in [1.165, 1.54) is 0 Å². The minimum atomic E-state index is -0.964. The van der Waals surface area contributed by atoms with E-state index in [2.05, 4.69) is 10.5 Å². The molecule has 1 fully saturated rings. The zero-order valence-corrected chi connectivity index (χ0v) is 9.07. The molecule has 0 heterocycles. The van der Waals surface area contributed by atoms with Gasteiger partial charge in [0.15, 0.2) is 0 Å². The fourth-order valence-corrected chi connectivity index (χ4v) is 2.18. The van der Waals surface area contributed by atoms with Crippen LogP contribution >= 0.6 is 11.6 Å². The lowest BCUT2D eigenvalue weighted by Gasteiger charge is -2.27. The number of halogens is 1. The average Bonchev–Trinajstić information content (AvgIpc) is 2.20. The van der Waals surface area contributed by atoms with Gasteiger partial charge in [0.2, 0.25) is 0 Å². The summed E-state index contributed by atoms with van der Waals surface area (Å²) in [6.07, 6.45) is 3.10. The fraction of sp³-hybridized carbons (Fsp3) is 0.778. The minimum absolute atomic E-state index is 0.0589. The maximum Gasteiger partial charge on any atom is 0.404 e. The number of carbonyl (C=O) groups is 1. The average molecular weight is 235 g/mol. The van der Waals surface area contributed by atoms with Crippen molar-refractivity contribution in [3.63, 3.8) is 0 Å². The molecule has 1 amide bonds. The number of hydrogen-bond acceptors (Lipinski definition) is 3. The van der Waals surface area contributed by atoms with E-state index in [-0.39, 0.29) is 11.2 Å². The van der Waals surface area contributed by atoms with Crippen LogP contribution in [-0.2, 0) is 0 Å². The maximum atomic E-state index is 10.4. The molecular weight excluding hydrogens is 220 g/mol. The summed E-state index contributed by atoms with van der Waals surface area (Å²) >= 11 is 5.61. The third kappa shape index (κ3) is 4.38. The molecule has 1 saturated carbocycles. The van der Waals surface area contributed by atoms with Crippen molar-refractivity contribution in [2.45, 2.75) is 38.1 Å². The Balaban J connectivity index is 2.26. The number of hydrogen-bond donors (Lipinski definition) is 3. The van der Waals surface area contributed by atoms with Gasteiger partial charge in [0.05, 0.1) is 0 Å². The molecule has 6 heteroatoms. The summed E-state index contributed by atoms with van der Waals surface area (Å²) in [5, 5.41) is 22.6. The van der Waals surface area contributed by atoms with Crippen molar-refractivity contribution in [3.8, 4) is 0 Å². The van der Waals surface area contributed by atoms with Crippen LogP contribution in [0.2, 0.25) is 0 Å². The second kappa shape index (κ2) is 5.80. The van der Waals surface area contributed by atoms with Crippen LogP contribution in [0, 0.1) is 5.92 Å². The van der Waals surface area contributed by atoms with Gasteiger partial charge >= 0.3 is 6.09 Å². The molecule has 5 nitrogen and oxygen atoms in total. The molecule has 1 rings (SSSR count). The number of rotatable bonds is 3. The van der Waals surface area contributed by atoms with Crippen molar-refractivity contribution < 1.29 is 15.1 Å². The van der Waals surface area contributed by atoms with E-state index in [1.54, 1.807) is 0 Å². The lowest BCUT2D eigenvalue weighted by molar-refractivity contribution is 0.182. The van der Waals surface area contributed by atoms with Gasteiger partial charge in [0, 0.05) is 12.5 Å². The zero-order chi connectivity index (χ0) is 11.3. The molecule has 0 aromatic rings. The molecule has 1 aliphatic rings. The molecule has 0 saturated heterocycles. The molecule has 0 aliphatic heterocycles. The summed E-state index contributed by atoms with van der Waals surface area (Å²) in [4.78, 5) is 10.4. The first-order valence-electron chi connectivity index (χ1n) is 4.97. The zero-order valence-electron chi connectivity index (χ0n) is 8.32. The second-order valence-corrected chi connectivity index (χ2v) is 4.28. The van der Waals surface area contributed by atoms with Crippen molar-refractivity contribution in [1.82, 2.24) is 5.32 Å². The highest BCUT2D eigenvalue weighted by Gasteiger charge is 2.23. The summed E-state index contributed by atoms with van der Waals surface area (Å²) in [5.74, 6) is 0.403. The van der Waals surface area contributed by atoms with Crippen LogP contribution in [0.15, 0.2) is 5.16 Å². The molecule has 0 aromatic heterocycles. The Bertz CT molecular complexity index is 250. The molecule has 0 atom stereocenters. The van der Waals surface area contributed by atoms with Gasteiger partial charge in [0.1, 0.15) is 5.17 Å². The number of carboxylic acid groups (broad SMARTS) is 1. The van der Waals surface area contributed by atoms with Gasteiger partial charge in [-0.3, -0.25) is 0 Å². The van der Waals surface area contributed by atoms with Crippen molar-refractivity contribution >= 4 is 22.9 Å². The molecule has 86 valence electrons. The van der Waals surface area contributed by atoms with Gasteiger partial charge in [-0.25, -0.2) is 4.79 Å². The van der Waals surface area contributed by atoms with E-state index in [0.717, 1.165) is 25.7 Å². The van der Waals surface area contributed by atoms with Gasteiger partial charge in [-0.05, 0) is 31.6 Å². The van der Waals surface area contributed by atoms with Crippen LogP contribution in [-0.4, -0.2) is 27.6 Å². The molecular formula is C9H15ClN2O3. The Hall–Kier alpha value is -0.970. The SMILES string of the molecule is O=C(O)N[C@H]1CC[C@H](C/C(Cl)=N/O)CC1. The van der Waals surface area contributed by atoms with Crippen molar-refractivity contribution in [3.05, 3.63) is 0 Å². The molecule has 0 radical (unpaired) electrons. The summed E-state index contributed by atoms with van der Waals surface area (Å²) in [6.45, 7) is 0. The molecule has 0 spiro atoms. The van der Waals surface area contributed by atoms with Crippen LogP contribution in [0.3, 0.4) is 0 Å². The molecule has 0 bridgehead atoms. The lowest BCUT2D eigenvalue weighted by Crippen LogP contribution is -2.36. The number of amides is 1. The number of nitrogens with zero attached hydrogens (tertiary/aromatic N) is 1. The largest absolute Gasteiger partial charge is 0.465 e. The summed E-state index contributed by atoms with van der Waals surface area (Å²) < 4.78 is 0. The summed E-state index contributed by atoms with van der Waals surface area (Å²) in [7, 11) is 0. The highest BCUT2D eigenvalue weighted by molar-refractivity contribution is 6.65. The van der Waals surface area contributed by atoms with Crippen LogP contribution in [0.1, 0.15) is 32.1 Å². The van der Waals surface area contributed by atoms with Crippen LogP contribution in [0.4, 0.5) is 4.79 Å². The Morgan fingerprint density at radius 1 is 1.40 bits per heavy atom. The monoisotopic (exact) mass is 234 g/mol. The van der Waals surface area contributed by atoms with Gasteiger partial charge in [-0.15, -0.1) is 0 Å². The van der Waals surface area contributed by atoms with E-state index in [1.807, 2.05) is 0 Å². The predicted octanol–water partition coefficient (Wildman–Crippen LogP) is 2.23. The Kier molecular flexibility index (Phi) is 4.68. The van der Waals surface area contributed by atoms with Gasteiger partial charge < -0.3 is 15.6 Å². The number of nitrogens with one attached hydrogen (secondary N) is 1. The molecule has 3 N–H and O–H groups in total. The smallest absolute Gasteiger partial charge is 0.404 e. The third-order valence-electron chi connectivity index (χ3n) is 2.74. The van der Waals surface area contributed by atoms with Crippen LogP contribution < -0.4 is 5.32 Å². The quantitative estimate of drug-likeness (QED) is 0.398. The molecule has 0 unspecified atom stereocenters. The highest BCUT2D eigenvalue weighted by atomic mass is 35.5. The first-order valence-corrected chi connectivity index (χ1v) is 5.35. The van der Waals surface area contributed by atoms with Crippen molar-refractivity contribution in [2.24, 2.45) is 11.1 Å². The van der Waals surface area contributed by atoms with Crippen LogP contribution in [0.5, 0.6) is 0 Å². The van der Waals surface area contributed by atoms with Crippen molar-refractivity contribution in [1.29, 1.82) is 0 Å². The highest BCUT2D eigenvalue weighted by Crippen LogP contribution is 2.27. The fourth-order valence-electron chi connectivity index (χ4n) is 1.96. The van der Waals surface area contributed by atoms with Gasteiger partial charge in [-0.1, -0.05) is 16.8 Å². The summed E-state index contributed by atoms with van der Waals surface area (Å²) in [5.41, 5.74) is 0. The second-order valence-electron chi connectivity index (χ2n) is 3.85. The normalized spacial score (nSPS) is 27.4. The van der Waals surface area contributed by atoms with E-state index < -0.39 is 6.09 Å². The number of oxime groups is 1. The molecule has 1 aliphatic carbocycles. The van der Waals surface area contributed by atoms with Crippen molar-refractivity contribution in [2.75, 3.05) is 0 Å². The maximum absolute atomic E-state index is 10.4. The Labute approximate surface area is 93.1 Å². The first kappa shape index (κ1) is 12.1. The molecule has 15 heavy (non-hydrogen) atoms.